The van der Waals surface area contributed by atoms with Crippen molar-refractivity contribution in [2.75, 3.05) is 13.2 Å². The van der Waals surface area contributed by atoms with Gasteiger partial charge < -0.3 is 9.47 Å². The number of para-hydroxylation sites is 1. The average molecular weight is 222 g/mol. The lowest BCUT2D eigenvalue weighted by Gasteiger charge is -2.07. The van der Waals surface area contributed by atoms with E-state index >= 15 is 0 Å². The van der Waals surface area contributed by atoms with Crippen LogP contribution in [0.15, 0.2) is 30.3 Å². The van der Waals surface area contributed by atoms with Gasteiger partial charge in [-0.15, -0.1) is 0 Å². The van der Waals surface area contributed by atoms with Gasteiger partial charge in [-0.25, -0.2) is 4.79 Å². The molecule has 0 saturated carbocycles. The van der Waals surface area contributed by atoms with Crippen LogP contribution in [-0.4, -0.2) is 19.2 Å². The summed E-state index contributed by atoms with van der Waals surface area (Å²) in [6.45, 7) is 4.62. The maximum absolute atomic E-state index is 11.3. The molecule has 0 spiro atoms. The minimum atomic E-state index is -0.315. The number of hydrogen-bond acceptors (Lipinski definition) is 3. The van der Waals surface area contributed by atoms with Crippen molar-refractivity contribution in [1.29, 1.82) is 0 Å². The molecular formula is C13H18O3. The topological polar surface area (TPSA) is 35.5 Å². The quantitative estimate of drug-likeness (QED) is 0.694. The van der Waals surface area contributed by atoms with E-state index in [1.54, 1.807) is 12.1 Å². The molecule has 0 aliphatic heterocycles. The van der Waals surface area contributed by atoms with Crippen molar-refractivity contribution in [3.8, 4) is 5.75 Å². The van der Waals surface area contributed by atoms with Gasteiger partial charge in [-0.1, -0.05) is 32.0 Å². The molecule has 0 saturated heterocycles. The molecule has 1 rings (SSSR count). The first-order valence-corrected chi connectivity index (χ1v) is 5.52. The fourth-order valence-corrected chi connectivity index (χ4v) is 1.11. The third-order valence-electron chi connectivity index (χ3n) is 2.06. The Morgan fingerprint density at radius 1 is 1.25 bits per heavy atom. The lowest BCUT2D eigenvalue weighted by molar-refractivity contribution is -0.146. The summed E-state index contributed by atoms with van der Waals surface area (Å²) in [5.41, 5.74) is 0. The second-order valence-corrected chi connectivity index (χ2v) is 4.00. The lowest BCUT2D eigenvalue weighted by Crippen LogP contribution is -2.16. The summed E-state index contributed by atoms with van der Waals surface area (Å²) in [5.74, 6) is 0.913. The number of rotatable bonds is 6. The highest BCUT2D eigenvalue weighted by molar-refractivity contribution is 5.71. The lowest BCUT2D eigenvalue weighted by atomic mass is 10.1. The van der Waals surface area contributed by atoms with Crippen LogP contribution in [0, 0.1) is 5.92 Å². The van der Waals surface area contributed by atoms with Crippen molar-refractivity contribution in [3.63, 3.8) is 0 Å². The monoisotopic (exact) mass is 222 g/mol. The highest BCUT2D eigenvalue weighted by Gasteiger charge is 2.04. The molecule has 1 aromatic carbocycles. The van der Waals surface area contributed by atoms with Crippen LogP contribution < -0.4 is 4.74 Å². The summed E-state index contributed by atoms with van der Waals surface area (Å²) in [6, 6.07) is 9.23. The summed E-state index contributed by atoms with van der Waals surface area (Å²) in [7, 11) is 0. The van der Waals surface area contributed by atoms with Gasteiger partial charge in [-0.2, -0.15) is 0 Å². The van der Waals surface area contributed by atoms with Crippen LogP contribution in [0.3, 0.4) is 0 Å². The molecule has 0 aromatic heterocycles. The van der Waals surface area contributed by atoms with Gasteiger partial charge in [0.15, 0.2) is 6.61 Å². The number of benzene rings is 1. The molecule has 0 radical (unpaired) electrons. The molecule has 0 aliphatic carbocycles. The summed E-state index contributed by atoms with van der Waals surface area (Å²) >= 11 is 0. The second kappa shape index (κ2) is 6.88. The van der Waals surface area contributed by atoms with Crippen molar-refractivity contribution < 1.29 is 14.3 Å². The summed E-state index contributed by atoms with van der Waals surface area (Å²) in [4.78, 5) is 11.3. The SMILES string of the molecule is CC(C)CCOC(=O)COc1ccccc1. The van der Waals surface area contributed by atoms with Crippen LogP contribution in [-0.2, 0) is 9.53 Å². The largest absolute Gasteiger partial charge is 0.482 e. The predicted molar refractivity (Wildman–Crippen MR) is 62.4 cm³/mol. The molecule has 0 unspecified atom stereocenters. The number of esters is 1. The van der Waals surface area contributed by atoms with E-state index in [1.807, 2.05) is 18.2 Å². The molecular weight excluding hydrogens is 204 g/mol. The molecule has 88 valence electrons. The van der Waals surface area contributed by atoms with E-state index in [-0.39, 0.29) is 12.6 Å². The molecule has 0 heterocycles. The van der Waals surface area contributed by atoms with Crippen molar-refractivity contribution in [1.82, 2.24) is 0 Å². The average Bonchev–Trinajstić information content (AvgIpc) is 2.27. The maximum Gasteiger partial charge on any atom is 0.344 e. The van der Waals surface area contributed by atoms with Crippen molar-refractivity contribution in [3.05, 3.63) is 30.3 Å². The van der Waals surface area contributed by atoms with Gasteiger partial charge in [0.2, 0.25) is 0 Å². The third-order valence-corrected chi connectivity index (χ3v) is 2.06. The fourth-order valence-electron chi connectivity index (χ4n) is 1.11. The number of hydrogen-bond donors (Lipinski definition) is 0. The molecule has 0 N–H and O–H groups in total. The number of ether oxygens (including phenoxy) is 2. The van der Waals surface area contributed by atoms with Crippen LogP contribution in [0.5, 0.6) is 5.75 Å². The van der Waals surface area contributed by atoms with Gasteiger partial charge in [-0.3, -0.25) is 0 Å². The zero-order chi connectivity index (χ0) is 11.8. The molecule has 0 aliphatic rings. The number of carbonyl (C=O) groups is 1. The van der Waals surface area contributed by atoms with Crippen molar-refractivity contribution >= 4 is 5.97 Å². The van der Waals surface area contributed by atoms with E-state index in [2.05, 4.69) is 13.8 Å². The molecule has 1 aromatic rings. The van der Waals surface area contributed by atoms with Crippen molar-refractivity contribution in [2.24, 2.45) is 5.92 Å². The van der Waals surface area contributed by atoms with Crippen LogP contribution in [0.25, 0.3) is 0 Å². The first kappa shape index (κ1) is 12.6. The van der Waals surface area contributed by atoms with Crippen LogP contribution in [0.4, 0.5) is 0 Å². The molecule has 3 heteroatoms. The van der Waals surface area contributed by atoms with Crippen LogP contribution in [0.2, 0.25) is 0 Å². The Kier molecular flexibility index (Phi) is 5.40. The van der Waals surface area contributed by atoms with E-state index in [0.29, 0.717) is 18.3 Å². The van der Waals surface area contributed by atoms with Gasteiger partial charge in [0.05, 0.1) is 6.61 Å². The smallest absolute Gasteiger partial charge is 0.344 e. The van der Waals surface area contributed by atoms with E-state index in [0.717, 1.165) is 6.42 Å². The van der Waals surface area contributed by atoms with Gasteiger partial charge in [-0.05, 0) is 24.5 Å². The zero-order valence-corrected chi connectivity index (χ0v) is 9.81. The Balaban J connectivity index is 2.16. The number of carbonyl (C=O) groups excluding carboxylic acids is 1. The Bertz CT molecular complexity index is 306. The summed E-state index contributed by atoms with van der Waals surface area (Å²) in [6.07, 6.45) is 0.886. The van der Waals surface area contributed by atoms with Crippen LogP contribution >= 0.6 is 0 Å². The molecule has 0 amide bonds. The summed E-state index contributed by atoms with van der Waals surface area (Å²) < 4.78 is 10.3. The maximum atomic E-state index is 11.3. The van der Waals surface area contributed by atoms with Gasteiger partial charge in [0.25, 0.3) is 0 Å². The van der Waals surface area contributed by atoms with Crippen molar-refractivity contribution in [2.45, 2.75) is 20.3 Å². The predicted octanol–water partition coefficient (Wildman–Crippen LogP) is 2.65. The van der Waals surface area contributed by atoms with Crippen LogP contribution in [0.1, 0.15) is 20.3 Å². The first-order valence-electron chi connectivity index (χ1n) is 5.52. The second-order valence-electron chi connectivity index (χ2n) is 4.00. The molecule has 3 nitrogen and oxygen atoms in total. The fraction of sp³-hybridized carbons (Fsp3) is 0.462. The molecule has 0 bridgehead atoms. The highest BCUT2D eigenvalue weighted by Crippen LogP contribution is 2.08. The highest BCUT2D eigenvalue weighted by atomic mass is 16.6. The van der Waals surface area contributed by atoms with E-state index in [1.165, 1.54) is 0 Å². The van der Waals surface area contributed by atoms with Gasteiger partial charge >= 0.3 is 5.97 Å². The molecule has 16 heavy (non-hydrogen) atoms. The Morgan fingerprint density at radius 3 is 2.56 bits per heavy atom. The first-order chi connectivity index (χ1) is 7.68. The van der Waals surface area contributed by atoms with E-state index < -0.39 is 0 Å². The molecule has 0 atom stereocenters. The van der Waals surface area contributed by atoms with E-state index in [9.17, 15) is 4.79 Å². The summed E-state index contributed by atoms with van der Waals surface area (Å²) in [5, 5.41) is 0. The minimum absolute atomic E-state index is 0.0257. The van der Waals surface area contributed by atoms with Gasteiger partial charge in [0.1, 0.15) is 5.75 Å². The molecule has 0 fully saturated rings. The Labute approximate surface area is 96.4 Å². The normalized spacial score (nSPS) is 10.2. The zero-order valence-electron chi connectivity index (χ0n) is 9.81. The van der Waals surface area contributed by atoms with Gasteiger partial charge in [0, 0.05) is 0 Å². The Hall–Kier alpha value is -1.51. The van der Waals surface area contributed by atoms with E-state index in [4.69, 9.17) is 9.47 Å². The minimum Gasteiger partial charge on any atom is -0.482 e. The standard InChI is InChI=1S/C13H18O3/c1-11(2)8-9-15-13(14)10-16-12-6-4-3-5-7-12/h3-7,11H,8-10H2,1-2H3. The Morgan fingerprint density at radius 2 is 1.94 bits per heavy atom. The third kappa shape index (κ3) is 5.39.